The summed E-state index contributed by atoms with van der Waals surface area (Å²) in [5.74, 6) is -0.279. The molecule has 0 atom stereocenters. The molecule has 0 amide bonds. The number of anilines is 1. The Morgan fingerprint density at radius 2 is 2.04 bits per heavy atom. The number of halogens is 2. The highest BCUT2D eigenvalue weighted by atomic mass is 79.9. The molecule has 0 radical (unpaired) electrons. The van der Waals surface area contributed by atoms with Gasteiger partial charge in [-0.3, -0.25) is 4.68 Å². The summed E-state index contributed by atoms with van der Waals surface area (Å²) in [5, 5.41) is 14.2. The molecule has 24 heavy (non-hydrogen) atoms. The fourth-order valence-electron chi connectivity index (χ4n) is 2.93. The van der Waals surface area contributed by atoms with Crippen LogP contribution < -0.4 is 4.90 Å². The molecule has 0 N–H and O–H groups in total. The molecule has 1 aliphatic rings. The molecule has 0 unspecified atom stereocenters. The van der Waals surface area contributed by atoms with Crippen molar-refractivity contribution in [3.05, 3.63) is 46.9 Å². The van der Waals surface area contributed by atoms with Gasteiger partial charge in [-0.25, -0.2) is 4.39 Å². The van der Waals surface area contributed by atoms with Crippen molar-refractivity contribution in [2.75, 3.05) is 18.0 Å². The van der Waals surface area contributed by atoms with E-state index >= 15 is 0 Å². The van der Waals surface area contributed by atoms with E-state index in [0.29, 0.717) is 16.6 Å². The van der Waals surface area contributed by atoms with Crippen LogP contribution in [0.3, 0.4) is 0 Å². The predicted octanol–water partition coefficient (Wildman–Crippen LogP) is 4.14. The Hall–Kier alpha value is -1.80. The Kier molecular flexibility index (Phi) is 4.32. The molecule has 4 rings (SSSR count). The van der Waals surface area contributed by atoms with E-state index in [9.17, 15) is 4.39 Å². The molecule has 124 valence electrons. The lowest BCUT2D eigenvalue weighted by Gasteiger charge is -2.31. The summed E-state index contributed by atoms with van der Waals surface area (Å²) in [4.78, 5) is 2.22. The van der Waals surface area contributed by atoms with E-state index in [0.717, 1.165) is 35.5 Å². The maximum absolute atomic E-state index is 14.0. The fourth-order valence-corrected chi connectivity index (χ4v) is 4.21. The molecule has 1 fully saturated rings. The molecule has 0 spiro atoms. The van der Waals surface area contributed by atoms with E-state index in [4.69, 9.17) is 0 Å². The van der Waals surface area contributed by atoms with Gasteiger partial charge in [0.2, 0.25) is 5.13 Å². The maximum atomic E-state index is 14.0. The van der Waals surface area contributed by atoms with Crippen LogP contribution in [0.5, 0.6) is 0 Å². The summed E-state index contributed by atoms with van der Waals surface area (Å²) < 4.78 is 16.9. The van der Waals surface area contributed by atoms with Crippen LogP contribution >= 0.6 is 27.3 Å². The van der Waals surface area contributed by atoms with Crippen molar-refractivity contribution in [2.45, 2.75) is 18.9 Å². The Morgan fingerprint density at radius 1 is 1.21 bits per heavy atom. The van der Waals surface area contributed by atoms with Crippen molar-refractivity contribution in [2.24, 2.45) is 0 Å². The molecule has 0 saturated carbocycles. The van der Waals surface area contributed by atoms with Gasteiger partial charge in [0, 0.05) is 35.5 Å². The number of hydrogen-bond acceptors (Lipinski definition) is 5. The zero-order chi connectivity index (χ0) is 16.5. The van der Waals surface area contributed by atoms with Crippen LogP contribution in [0.2, 0.25) is 0 Å². The normalized spacial score (nSPS) is 15.8. The van der Waals surface area contributed by atoms with Gasteiger partial charge in [0.15, 0.2) is 5.01 Å². The van der Waals surface area contributed by atoms with Crippen molar-refractivity contribution in [1.29, 1.82) is 0 Å². The van der Waals surface area contributed by atoms with E-state index < -0.39 is 0 Å². The SMILES string of the molecule is Fc1ccc(Br)cc1-c1nnc(N2CCC(n3cccn3)CC2)s1. The van der Waals surface area contributed by atoms with Crippen LogP contribution in [0, 0.1) is 5.82 Å². The first-order chi connectivity index (χ1) is 11.7. The number of rotatable bonds is 3. The van der Waals surface area contributed by atoms with Crippen LogP contribution in [0.15, 0.2) is 41.1 Å². The summed E-state index contributed by atoms with van der Waals surface area (Å²) in [5.41, 5.74) is 0.486. The van der Waals surface area contributed by atoms with Gasteiger partial charge in [0.1, 0.15) is 5.82 Å². The van der Waals surface area contributed by atoms with Crippen LogP contribution in [-0.4, -0.2) is 33.1 Å². The first kappa shape index (κ1) is 15.7. The number of aromatic nitrogens is 4. The van der Waals surface area contributed by atoms with Crippen molar-refractivity contribution in [3.63, 3.8) is 0 Å². The highest BCUT2D eigenvalue weighted by molar-refractivity contribution is 9.10. The van der Waals surface area contributed by atoms with Crippen LogP contribution in [0.25, 0.3) is 10.6 Å². The Bertz CT molecular complexity index is 827. The molecule has 3 heterocycles. The lowest BCUT2D eigenvalue weighted by atomic mass is 10.1. The second-order valence-corrected chi connectivity index (χ2v) is 7.59. The first-order valence-corrected chi connectivity index (χ1v) is 9.34. The minimum Gasteiger partial charge on any atom is -0.346 e. The van der Waals surface area contributed by atoms with Gasteiger partial charge in [-0.1, -0.05) is 27.3 Å². The molecule has 2 aromatic heterocycles. The van der Waals surface area contributed by atoms with E-state index in [-0.39, 0.29) is 5.82 Å². The van der Waals surface area contributed by atoms with E-state index in [2.05, 4.69) is 36.1 Å². The molecule has 1 saturated heterocycles. The third-order valence-electron chi connectivity index (χ3n) is 4.21. The first-order valence-electron chi connectivity index (χ1n) is 7.74. The lowest BCUT2D eigenvalue weighted by molar-refractivity contribution is 0.366. The maximum Gasteiger partial charge on any atom is 0.208 e. The number of piperidine rings is 1. The average Bonchev–Trinajstić information content (AvgIpc) is 3.29. The summed E-state index contributed by atoms with van der Waals surface area (Å²) >= 11 is 4.81. The second kappa shape index (κ2) is 6.60. The van der Waals surface area contributed by atoms with Crippen molar-refractivity contribution in [1.82, 2.24) is 20.0 Å². The molecule has 8 heteroatoms. The Labute approximate surface area is 151 Å². The van der Waals surface area contributed by atoms with Crippen LogP contribution in [0.4, 0.5) is 9.52 Å². The van der Waals surface area contributed by atoms with Crippen molar-refractivity contribution >= 4 is 32.4 Å². The van der Waals surface area contributed by atoms with Gasteiger partial charge < -0.3 is 4.90 Å². The van der Waals surface area contributed by atoms with E-state index in [1.807, 2.05) is 23.1 Å². The van der Waals surface area contributed by atoms with Gasteiger partial charge >= 0.3 is 0 Å². The van der Waals surface area contributed by atoms with Gasteiger partial charge in [0.05, 0.1) is 6.04 Å². The molecule has 0 aliphatic carbocycles. The molecule has 3 aromatic rings. The Morgan fingerprint density at radius 3 is 2.79 bits per heavy atom. The molecule has 5 nitrogen and oxygen atoms in total. The van der Waals surface area contributed by atoms with Crippen molar-refractivity contribution in [3.8, 4) is 10.6 Å². The zero-order valence-corrected chi connectivity index (χ0v) is 15.2. The van der Waals surface area contributed by atoms with Crippen LogP contribution in [-0.2, 0) is 0 Å². The number of benzene rings is 1. The summed E-state index contributed by atoms with van der Waals surface area (Å²) in [6.07, 6.45) is 5.86. The van der Waals surface area contributed by atoms with E-state index in [1.54, 1.807) is 12.1 Å². The average molecular weight is 408 g/mol. The minimum atomic E-state index is -0.279. The van der Waals surface area contributed by atoms with Crippen LogP contribution in [0.1, 0.15) is 18.9 Å². The molecular weight excluding hydrogens is 393 g/mol. The van der Waals surface area contributed by atoms with Gasteiger partial charge in [0.25, 0.3) is 0 Å². The molecule has 0 bridgehead atoms. The topological polar surface area (TPSA) is 46.8 Å². The highest BCUT2D eigenvalue weighted by Crippen LogP contribution is 2.34. The number of nitrogens with zero attached hydrogens (tertiary/aromatic N) is 5. The molecule has 1 aromatic carbocycles. The lowest BCUT2D eigenvalue weighted by Crippen LogP contribution is -2.34. The predicted molar refractivity (Wildman–Crippen MR) is 95.7 cm³/mol. The summed E-state index contributed by atoms with van der Waals surface area (Å²) in [6, 6.07) is 7.25. The molecular formula is C16H15BrFN5S. The number of hydrogen-bond donors (Lipinski definition) is 0. The third-order valence-corrected chi connectivity index (χ3v) is 5.72. The third kappa shape index (κ3) is 3.08. The highest BCUT2D eigenvalue weighted by Gasteiger charge is 2.23. The largest absolute Gasteiger partial charge is 0.346 e. The Balaban J connectivity index is 1.49. The fraction of sp³-hybridized carbons (Fsp3) is 0.312. The quantitative estimate of drug-likeness (QED) is 0.654. The van der Waals surface area contributed by atoms with Gasteiger partial charge in [-0.05, 0) is 37.1 Å². The monoisotopic (exact) mass is 407 g/mol. The standard InChI is InChI=1S/C16H15BrFN5S/c17-11-2-3-14(18)13(10-11)15-20-21-16(24-15)22-8-4-12(5-9-22)23-7-1-6-19-23/h1-3,6-7,10,12H,4-5,8-9H2. The summed E-state index contributed by atoms with van der Waals surface area (Å²) in [6.45, 7) is 1.81. The smallest absolute Gasteiger partial charge is 0.208 e. The summed E-state index contributed by atoms with van der Waals surface area (Å²) in [7, 11) is 0. The van der Waals surface area contributed by atoms with Gasteiger partial charge in [-0.2, -0.15) is 5.10 Å². The zero-order valence-electron chi connectivity index (χ0n) is 12.8. The minimum absolute atomic E-state index is 0.279. The molecule has 1 aliphatic heterocycles. The van der Waals surface area contributed by atoms with Crippen molar-refractivity contribution < 1.29 is 4.39 Å². The van der Waals surface area contributed by atoms with E-state index in [1.165, 1.54) is 17.4 Å². The van der Waals surface area contributed by atoms with Gasteiger partial charge in [-0.15, -0.1) is 10.2 Å². The second-order valence-electron chi connectivity index (χ2n) is 5.72.